The summed E-state index contributed by atoms with van der Waals surface area (Å²) in [7, 11) is -3.16. The fraction of sp³-hybridized carbons (Fsp3) is 0.500. The smallest absolute Gasteiger partial charge is 0.404 e. The molecule has 0 N–H and O–H groups in total. The van der Waals surface area contributed by atoms with Crippen LogP contribution < -0.4 is 0 Å². The Morgan fingerprint density at radius 3 is 1.38 bits per heavy atom. The third-order valence-electron chi connectivity index (χ3n) is 4.73. The van der Waals surface area contributed by atoms with E-state index >= 15 is 0 Å². The van der Waals surface area contributed by atoms with Gasteiger partial charge in [-0.2, -0.15) is 0 Å². The van der Waals surface area contributed by atoms with E-state index in [4.69, 9.17) is 0 Å². The molecular weight excluding hydrogens is 349 g/mol. The third kappa shape index (κ3) is 4.46. The highest BCUT2D eigenvalue weighted by Crippen LogP contribution is 2.30. The number of hydrogen-bond acceptors (Lipinski definition) is 3. The molecule has 0 radical (unpaired) electrons. The molecule has 0 amide bonds. The summed E-state index contributed by atoms with van der Waals surface area (Å²) in [6.07, 6.45) is 12.7. The molecule has 0 unspecified atom stereocenters. The molecule has 2 aliphatic rings. The van der Waals surface area contributed by atoms with Crippen LogP contribution in [0.2, 0.25) is 39.3 Å². The Morgan fingerprint density at radius 2 is 1.15 bits per heavy atom. The summed E-state index contributed by atoms with van der Waals surface area (Å²) in [6, 6.07) is 0. The first-order valence-electron chi connectivity index (χ1n) is 9.70. The Bertz CT molecular complexity index is 652. The van der Waals surface area contributed by atoms with Gasteiger partial charge in [0.15, 0.2) is 0 Å². The lowest BCUT2D eigenvalue weighted by Crippen LogP contribution is -2.72. The molecule has 0 aliphatic heterocycles. The molecule has 26 heavy (non-hydrogen) atoms. The van der Waals surface area contributed by atoms with Crippen molar-refractivity contribution in [3.05, 3.63) is 59.3 Å². The zero-order chi connectivity index (χ0) is 19.5. The van der Waals surface area contributed by atoms with Crippen LogP contribution in [0, 0.1) is 0 Å². The van der Waals surface area contributed by atoms with Crippen LogP contribution in [-0.2, 0) is 0 Å². The van der Waals surface area contributed by atoms with E-state index in [1.54, 1.807) is 0 Å². The van der Waals surface area contributed by atoms with Crippen molar-refractivity contribution in [1.29, 1.82) is 0 Å². The fourth-order valence-corrected chi connectivity index (χ4v) is 7.38. The summed E-state index contributed by atoms with van der Waals surface area (Å²) in [5.74, 6) is 0. The maximum absolute atomic E-state index is 3.49. The zero-order valence-electron chi connectivity index (χ0n) is 17.8. The van der Waals surface area contributed by atoms with Gasteiger partial charge in [0.05, 0.1) is 11.4 Å². The summed E-state index contributed by atoms with van der Waals surface area (Å²) >= 11 is 0. The average molecular weight is 383 g/mol. The molecule has 0 aromatic carbocycles. The molecule has 140 valence electrons. The van der Waals surface area contributed by atoms with Crippen LogP contribution in [0.15, 0.2) is 59.3 Å². The van der Waals surface area contributed by atoms with Crippen LogP contribution in [-0.4, -0.2) is 50.4 Å². The van der Waals surface area contributed by atoms with Crippen molar-refractivity contribution in [3.8, 4) is 0 Å². The maximum atomic E-state index is 3.49. The van der Waals surface area contributed by atoms with E-state index < -0.39 is 16.5 Å². The van der Waals surface area contributed by atoms with Gasteiger partial charge >= 0.3 is 7.12 Å². The van der Waals surface area contributed by atoms with Crippen molar-refractivity contribution in [2.75, 3.05) is 13.1 Å². The summed E-state index contributed by atoms with van der Waals surface area (Å²) in [4.78, 5) is 2.58. The van der Waals surface area contributed by atoms with E-state index in [2.05, 4.69) is 103 Å². The molecule has 0 fully saturated rings. The monoisotopic (exact) mass is 383 g/mol. The van der Waals surface area contributed by atoms with Crippen LogP contribution in [0.1, 0.15) is 13.8 Å². The number of allylic oxidation sites excluding steroid dienone is 4. The molecule has 2 aliphatic carbocycles. The Balaban J connectivity index is 2.67. The minimum absolute atomic E-state index is 0.195. The lowest BCUT2D eigenvalue weighted by molar-refractivity contribution is 0.413. The molecule has 0 aromatic heterocycles. The van der Waals surface area contributed by atoms with Gasteiger partial charge in [-0.05, 0) is 37.4 Å². The van der Waals surface area contributed by atoms with E-state index in [0.717, 1.165) is 13.1 Å². The summed E-state index contributed by atoms with van der Waals surface area (Å²) in [5, 5.41) is 0. The predicted octanol–water partition coefficient (Wildman–Crippen LogP) is 4.80. The van der Waals surface area contributed by atoms with Crippen molar-refractivity contribution >= 4 is 23.6 Å². The summed E-state index contributed by atoms with van der Waals surface area (Å²) in [6.45, 7) is 21.2. The zero-order valence-corrected chi connectivity index (χ0v) is 19.8. The van der Waals surface area contributed by atoms with Gasteiger partial charge in [0.2, 0.25) is 0 Å². The highest BCUT2D eigenvalue weighted by molar-refractivity contribution is 6.88. The largest absolute Gasteiger partial charge is 0.454 e. The molecule has 0 atom stereocenters. The molecule has 2 rings (SSSR count). The van der Waals surface area contributed by atoms with Gasteiger partial charge < -0.3 is 13.8 Å². The number of rotatable bonds is 9. The Hall–Kier alpha value is -1.42. The van der Waals surface area contributed by atoms with E-state index in [1.165, 1.54) is 11.4 Å². The normalized spacial score (nSPS) is 15.7. The van der Waals surface area contributed by atoms with Gasteiger partial charge in [-0.25, -0.2) is 0 Å². The molecule has 3 nitrogen and oxygen atoms in total. The van der Waals surface area contributed by atoms with Crippen LogP contribution >= 0.6 is 0 Å². The molecule has 0 saturated heterocycles. The number of nitrogens with zero attached hydrogens (tertiary/aromatic N) is 3. The topological polar surface area (TPSA) is 9.72 Å². The van der Waals surface area contributed by atoms with Gasteiger partial charge in [0.1, 0.15) is 16.5 Å². The minimum Gasteiger partial charge on any atom is -0.404 e. The molecule has 0 heterocycles. The first-order valence-corrected chi connectivity index (χ1v) is 16.6. The van der Waals surface area contributed by atoms with Gasteiger partial charge in [-0.15, -0.1) is 0 Å². The second-order valence-electron chi connectivity index (χ2n) is 8.76. The molecule has 0 spiro atoms. The van der Waals surface area contributed by atoms with E-state index in [-0.39, 0.29) is 7.12 Å². The van der Waals surface area contributed by atoms with Crippen LogP contribution in [0.3, 0.4) is 0 Å². The minimum atomic E-state index is -1.68. The predicted molar refractivity (Wildman–Crippen MR) is 121 cm³/mol. The second kappa shape index (κ2) is 8.08. The molecule has 0 aromatic rings. The van der Waals surface area contributed by atoms with E-state index in [1.807, 2.05) is 12.2 Å². The van der Waals surface area contributed by atoms with Crippen molar-refractivity contribution in [2.24, 2.45) is 0 Å². The Labute approximate surface area is 163 Å². The highest BCUT2D eigenvalue weighted by Gasteiger charge is 2.47. The van der Waals surface area contributed by atoms with Crippen molar-refractivity contribution in [1.82, 2.24) is 13.8 Å². The summed E-state index contributed by atoms with van der Waals surface area (Å²) in [5.41, 5.74) is 9.42. The molecule has 6 heteroatoms. The van der Waals surface area contributed by atoms with Crippen molar-refractivity contribution in [3.63, 3.8) is 0 Å². The first-order chi connectivity index (χ1) is 12.1. The molecule has 0 bridgehead atoms. The lowest BCUT2D eigenvalue weighted by Gasteiger charge is -2.52. The average Bonchev–Trinajstić information content (AvgIpc) is 3.19. The number of hydrogen-bond donors (Lipinski definition) is 0. The quantitative estimate of drug-likeness (QED) is 0.418. The third-order valence-corrected chi connectivity index (χ3v) is 8.56. The van der Waals surface area contributed by atoms with Crippen molar-refractivity contribution in [2.45, 2.75) is 53.1 Å². The van der Waals surface area contributed by atoms with E-state index in [0.29, 0.717) is 0 Å². The standard InChI is InChI=1S/C20H34BN3Si2/c1-9-22(10-2)21(23(25(3,4)5)19-15-11-12-16-19)24(26(6,7)8)20-17-13-14-18-20/h11-15,17H,9-10H2,1-8H3. The second-order valence-corrected chi connectivity index (χ2v) is 18.4. The van der Waals surface area contributed by atoms with Gasteiger partial charge in [0, 0.05) is 0 Å². The van der Waals surface area contributed by atoms with Crippen molar-refractivity contribution < 1.29 is 0 Å². The molecule has 0 saturated carbocycles. The van der Waals surface area contributed by atoms with Crippen LogP contribution in [0.5, 0.6) is 0 Å². The lowest BCUT2D eigenvalue weighted by atomic mass is 9.87. The van der Waals surface area contributed by atoms with Gasteiger partial charge in [-0.1, -0.05) is 76.7 Å². The SMILES string of the molecule is CCN(CC)B(N(C1=C=CC=C1)[Si](C)(C)C)N(C1=C=CC=C1)[Si](C)(C)C. The Kier molecular flexibility index (Phi) is 6.49. The maximum Gasteiger partial charge on any atom is 0.454 e. The summed E-state index contributed by atoms with van der Waals surface area (Å²) < 4.78 is 5.33. The molecular formula is C20H34BN3Si2. The highest BCUT2D eigenvalue weighted by atomic mass is 28.3. The van der Waals surface area contributed by atoms with Crippen LogP contribution in [0.25, 0.3) is 0 Å². The fourth-order valence-electron chi connectivity index (χ4n) is 3.60. The van der Waals surface area contributed by atoms with Gasteiger partial charge in [0.25, 0.3) is 0 Å². The Morgan fingerprint density at radius 1 is 0.769 bits per heavy atom. The van der Waals surface area contributed by atoms with E-state index in [9.17, 15) is 0 Å². The first kappa shape index (κ1) is 20.9. The van der Waals surface area contributed by atoms with Crippen LogP contribution in [0.4, 0.5) is 0 Å². The van der Waals surface area contributed by atoms with Gasteiger partial charge in [-0.3, -0.25) is 0 Å².